The summed E-state index contributed by atoms with van der Waals surface area (Å²) in [6.07, 6.45) is 2.38. The lowest BCUT2D eigenvalue weighted by Crippen LogP contribution is -2.35. The molecule has 1 aromatic carbocycles. The summed E-state index contributed by atoms with van der Waals surface area (Å²) in [7, 11) is 0. The van der Waals surface area contributed by atoms with Gasteiger partial charge in [-0.15, -0.1) is 0 Å². The lowest BCUT2D eigenvalue weighted by molar-refractivity contribution is 0.299. The molecule has 0 atom stereocenters. The quantitative estimate of drug-likeness (QED) is 0.795. The van der Waals surface area contributed by atoms with E-state index in [0.29, 0.717) is 24.7 Å². The van der Waals surface area contributed by atoms with Crippen LogP contribution < -0.4 is 10.2 Å². The fraction of sp³-hybridized carbons (Fsp3) is 0.600. The van der Waals surface area contributed by atoms with Crippen LogP contribution in [0.5, 0.6) is 0 Å². The van der Waals surface area contributed by atoms with Crippen molar-refractivity contribution in [2.24, 2.45) is 0 Å². The van der Waals surface area contributed by atoms with E-state index in [1.807, 2.05) is 11.0 Å². The maximum Gasteiger partial charge on any atom is 0.129 e. The molecule has 0 saturated heterocycles. The van der Waals surface area contributed by atoms with E-state index in [1.54, 1.807) is 6.07 Å². The first kappa shape index (κ1) is 14.3. The Balaban J connectivity index is 2.22. The molecular formula is C15H23FN2O. The zero-order chi connectivity index (χ0) is 13.8. The molecule has 0 spiro atoms. The minimum absolute atomic E-state index is 0.0736. The molecule has 3 nitrogen and oxygen atoms in total. The van der Waals surface area contributed by atoms with Crippen molar-refractivity contribution in [1.29, 1.82) is 0 Å². The van der Waals surface area contributed by atoms with Crippen LogP contribution in [0.3, 0.4) is 0 Å². The molecule has 0 aromatic heterocycles. The number of aliphatic hydroxyl groups is 1. The molecule has 0 unspecified atom stereocenters. The van der Waals surface area contributed by atoms with Gasteiger partial charge >= 0.3 is 0 Å². The molecule has 19 heavy (non-hydrogen) atoms. The zero-order valence-corrected chi connectivity index (χ0v) is 11.7. The lowest BCUT2D eigenvalue weighted by atomic mass is 10.1. The maximum atomic E-state index is 14.1. The maximum absolute atomic E-state index is 14.1. The minimum Gasteiger partial charge on any atom is -0.395 e. The first-order valence-electron chi connectivity index (χ1n) is 7.01. The molecule has 1 fully saturated rings. The molecule has 1 aliphatic carbocycles. The molecule has 2 N–H and O–H groups in total. The molecule has 2 rings (SSSR count). The normalized spacial score (nSPS) is 15.0. The summed E-state index contributed by atoms with van der Waals surface area (Å²) in [6, 6.07) is 5.96. The fourth-order valence-electron chi connectivity index (χ4n) is 2.29. The predicted octanol–water partition coefficient (Wildman–Crippen LogP) is 2.28. The first-order chi connectivity index (χ1) is 9.13. The van der Waals surface area contributed by atoms with Crippen molar-refractivity contribution in [2.45, 2.75) is 45.3 Å². The van der Waals surface area contributed by atoms with Gasteiger partial charge in [0.15, 0.2) is 0 Å². The zero-order valence-electron chi connectivity index (χ0n) is 11.7. The van der Waals surface area contributed by atoms with Gasteiger partial charge in [0, 0.05) is 36.4 Å². The smallest absolute Gasteiger partial charge is 0.129 e. The number of hydrogen-bond acceptors (Lipinski definition) is 3. The highest BCUT2D eigenvalue weighted by atomic mass is 19.1. The lowest BCUT2D eigenvalue weighted by Gasteiger charge is -2.30. The van der Waals surface area contributed by atoms with Crippen LogP contribution in [0.4, 0.5) is 10.1 Å². The van der Waals surface area contributed by atoms with Crippen molar-refractivity contribution in [3.63, 3.8) is 0 Å². The van der Waals surface area contributed by atoms with Gasteiger partial charge in [0.2, 0.25) is 0 Å². The van der Waals surface area contributed by atoms with Crippen molar-refractivity contribution >= 4 is 5.69 Å². The summed E-state index contributed by atoms with van der Waals surface area (Å²) in [4.78, 5) is 2.05. The molecule has 1 aliphatic rings. The van der Waals surface area contributed by atoms with Gasteiger partial charge in [-0.05, 0) is 38.8 Å². The Kier molecular flexibility index (Phi) is 4.77. The van der Waals surface area contributed by atoms with Crippen molar-refractivity contribution in [2.75, 3.05) is 18.1 Å². The van der Waals surface area contributed by atoms with Crippen molar-refractivity contribution < 1.29 is 9.50 Å². The topological polar surface area (TPSA) is 35.5 Å². The van der Waals surface area contributed by atoms with Crippen LogP contribution >= 0.6 is 0 Å². The molecule has 1 saturated carbocycles. The largest absolute Gasteiger partial charge is 0.395 e. The van der Waals surface area contributed by atoms with Crippen LogP contribution in [0.1, 0.15) is 32.3 Å². The number of nitrogens with zero attached hydrogens (tertiary/aromatic N) is 1. The third-order valence-corrected chi connectivity index (χ3v) is 3.51. The summed E-state index contributed by atoms with van der Waals surface area (Å²) in [5.41, 5.74) is 1.59. The van der Waals surface area contributed by atoms with Crippen LogP contribution in [0.15, 0.2) is 18.2 Å². The minimum atomic E-state index is -0.172. The van der Waals surface area contributed by atoms with Gasteiger partial charge in [-0.3, -0.25) is 0 Å². The average Bonchev–Trinajstić information content (AvgIpc) is 3.18. The van der Waals surface area contributed by atoms with Gasteiger partial charge < -0.3 is 15.3 Å². The SMILES string of the molecule is CC(C)N(CCO)c1cccc(F)c1CNC1CC1. The van der Waals surface area contributed by atoms with Crippen LogP contribution in [-0.2, 0) is 6.54 Å². The van der Waals surface area contributed by atoms with E-state index in [9.17, 15) is 9.50 Å². The summed E-state index contributed by atoms with van der Waals surface area (Å²) in [5, 5.41) is 12.5. The van der Waals surface area contributed by atoms with Gasteiger partial charge in [-0.25, -0.2) is 4.39 Å². The van der Waals surface area contributed by atoms with Crippen molar-refractivity contribution in [1.82, 2.24) is 5.32 Å². The Morgan fingerprint density at radius 2 is 2.16 bits per heavy atom. The average molecular weight is 266 g/mol. The second-order valence-corrected chi connectivity index (χ2v) is 5.40. The van der Waals surface area contributed by atoms with Crippen LogP contribution in [0, 0.1) is 5.82 Å². The van der Waals surface area contributed by atoms with Crippen molar-refractivity contribution in [3.05, 3.63) is 29.6 Å². The highest BCUT2D eigenvalue weighted by Gasteiger charge is 2.22. The van der Waals surface area contributed by atoms with Crippen LogP contribution in [0.25, 0.3) is 0 Å². The van der Waals surface area contributed by atoms with Gasteiger partial charge in [0.1, 0.15) is 5.82 Å². The summed E-state index contributed by atoms with van der Waals surface area (Å²) in [5.74, 6) is -0.172. The number of hydrogen-bond donors (Lipinski definition) is 2. The van der Waals surface area contributed by atoms with Gasteiger partial charge in [0.25, 0.3) is 0 Å². The monoisotopic (exact) mass is 266 g/mol. The molecule has 0 bridgehead atoms. The van der Waals surface area contributed by atoms with E-state index in [4.69, 9.17) is 0 Å². The third kappa shape index (κ3) is 3.67. The fourth-order valence-corrected chi connectivity index (χ4v) is 2.29. The number of benzene rings is 1. The second kappa shape index (κ2) is 6.35. The molecule has 4 heteroatoms. The number of anilines is 1. The number of nitrogens with one attached hydrogen (secondary N) is 1. The van der Waals surface area contributed by atoms with E-state index in [2.05, 4.69) is 19.2 Å². The standard InChI is InChI=1S/C15H23FN2O/c1-11(2)18(8-9-19)15-5-3-4-14(16)13(15)10-17-12-6-7-12/h3-5,11-12,17,19H,6-10H2,1-2H3. The van der Waals surface area contributed by atoms with Crippen LogP contribution in [-0.4, -0.2) is 30.3 Å². The van der Waals surface area contributed by atoms with Gasteiger partial charge in [0.05, 0.1) is 6.61 Å². The Hall–Kier alpha value is -1.13. The number of rotatable bonds is 7. The molecule has 0 heterocycles. The molecule has 0 radical (unpaired) electrons. The van der Waals surface area contributed by atoms with Crippen molar-refractivity contribution in [3.8, 4) is 0 Å². The van der Waals surface area contributed by atoms with Gasteiger partial charge in [-0.2, -0.15) is 0 Å². The predicted molar refractivity (Wildman–Crippen MR) is 75.8 cm³/mol. The molecule has 106 valence electrons. The van der Waals surface area contributed by atoms with E-state index in [1.165, 1.54) is 18.9 Å². The molecule has 0 amide bonds. The van der Waals surface area contributed by atoms with E-state index < -0.39 is 0 Å². The number of halogens is 1. The highest BCUT2D eigenvalue weighted by molar-refractivity contribution is 5.55. The van der Waals surface area contributed by atoms with Crippen LogP contribution in [0.2, 0.25) is 0 Å². The Bertz CT molecular complexity index is 419. The van der Waals surface area contributed by atoms with E-state index >= 15 is 0 Å². The third-order valence-electron chi connectivity index (χ3n) is 3.51. The summed E-state index contributed by atoms with van der Waals surface area (Å²) < 4.78 is 14.1. The Labute approximate surface area is 114 Å². The summed E-state index contributed by atoms with van der Waals surface area (Å²) in [6.45, 7) is 5.26. The second-order valence-electron chi connectivity index (χ2n) is 5.40. The Morgan fingerprint density at radius 1 is 1.42 bits per heavy atom. The molecule has 1 aromatic rings. The summed E-state index contributed by atoms with van der Waals surface area (Å²) >= 11 is 0. The first-order valence-corrected chi connectivity index (χ1v) is 7.01. The van der Waals surface area contributed by atoms with E-state index in [-0.39, 0.29) is 18.5 Å². The van der Waals surface area contributed by atoms with E-state index in [0.717, 1.165) is 5.69 Å². The molecule has 0 aliphatic heterocycles. The van der Waals surface area contributed by atoms with Gasteiger partial charge in [-0.1, -0.05) is 6.07 Å². The number of aliphatic hydroxyl groups excluding tert-OH is 1. The Morgan fingerprint density at radius 3 is 2.74 bits per heavy atom. The molecular weight excluding hydrogens is 243 g/mol. The highest BCUT2D eigenvalue weighted by Crippen LogP contribution is 2.26.